The van der Waals surface area contributed by atoms with E-state index in [1.165, 1.54) is 23.8 Å². The van der Waals surface area contributed by atoms with Crippen molar-refractivity contribution in [2.45, 2.75) is 13.5 Å². The SMILES string of the molecule is COc1ccccc1Oc1nc2c(C)cccn2c(=O)c1/C=C(\C#N)C(=O)NCc1ccco1. The van der Waals surface area contributed by atoms with Crippen LogP contribution < -0.4 is 20.3 Å². The third-order valence-electron chi connectivity index (χ3n) is 4.98. The Hall–Kier alpha value is -4.84. The highest BCUT2D eigenvalue weighted by Gasteiger charge is 2.19. The summed E-state index contributed by atoms with van der Waals surface area (Å²) in [6.07, 6.45) is 4.21. The molecule has 0 radical (unpaired) electrons. The Morgan fingerprint density at radius 1 is 1.21 bits per heavy atom. The lowest BCUT2D eigenvalue weighted by atomic mass is 10.1. The van der Waals surface area contributed by atoms with E-state index in [1.54, 1.807) is 48.7 Å². The number of fused-ring (bicyclic) bond motifs is 1. The number of aryl methyl sites for hydroxylation is 1. The quantitative estimate of drug-likeness (QED) is 0.333. The van der Waals surface area contributed by atoms with E-state index in [0.29, 0.717) is 22.9 Å². The maximum absolute atomic E-state index is 13.4. The van der Waals surface area contributed by atoms with Gasteiger partial charge in [-0.3, -0.25) is 14.0 Å². The second-order valence-corrected chi connectivity index (χ2v) is 7.21. The summed E-state index contributed by atoms with van der Waals surface area (Å²) in [7, 11) is 1.49. The molecule has 0 atom stereocenters. The number of methoxy groups -OCH3 is 1. The second kappa shape index (κ2) is 9.75. The van der Waals surface area contributed by atoms with Crippen LogP contribution in [0.5, 0.6) is 17.4 Å². The van der Waals surface area contributed by atoms with E-state index in [1.807, 2.05) is 19.1 Å². The molecule has 0 aliphatic heterocycles. The highest BCUT2D eigenvalue weighted by atomic mass is 16.5. The summed E-state index contributed by atoms with van der Waals surface area (Å²) in [5.74, 6) is 0.547. The van der Waals surface area contributed by atoms with Gasteiger partial charge in [0.1, 0.15) is 28.6 Å². The molecule has 34 heavy (non-hydrogen) atoms. The minimum Gasteiger partial charge on any atom is -0.493 e. The second-order valence-electron chi connectivity index (χ2n) is 7.21. The van der Waals surface area contributed by atoms with Crippen molar-refractivity contribution in [3.63, 3.8) is 0 Å². The Morgan fingerprint density at radius 2 is 2.00 bits per heavy atom. The number of nitrogens with zero attached hydrogens (tertiary/aromatic N) is 3. The summed E-state index contributed by atoms with van der Waals surface area (Å²) in [6.45, 7) is 1.90. The number of benzene rings is 1. The van der Waals surface area contributed by atoms with Crippen LogP contribution >= 0.6 is 0 Å². The first-order valence-corrected chi connectivity index (χ1v) is 10.3. The number of rotatable bonds is 7. The predicted octanol–water partition coefficient (Wildman–Crippen LogP) is 3.62. The molecule has 1 N–H and O–H groups in total. The topological polar surface area (TPSA) is 119 Å². The first-order valence-electron chi connectivity index (χ1n) is 10.3. The Kier molecular flexibility index (Phi) is 6.41. The van der Waals surface area contributed by atoms with E-state index in [-0.39, 0.29) is 23.6 Å². The molecule has 3 aromatic heterocycles. The molecule has 170 valence electrons. The average molecular weight is 456 g/mol. The maximum atomic E-state index is 13.4. The van der Waals surface area contributed by atoms with Crippen molar-refractivity contribution in [2.24, 2.45) is 0 Å². The Balaban J connectivity index is 1.81. The molecule has 0 saturated carbocycles. The van der Waals surface area contributed by atoms with Gasteiger partial charge in [0.2, 0.25) is 5.88 Å². The van der Waals surface area contributed by atoms with E-state index < -0.39 is 11.5 Å². The fourth-order valence-corrected chi connectivity index (χ4v) is 3.27. The van der Waals surface area contributed by atoms with Gasteiger partial charge in [-0.05, 0) is 48.9 Å². The molecule has 0 spiro atoms. The van der Waals surface area contributed by atoms with Gasteiger partial charge in [0.25, 0.3) is 11.5 Å². The maximum Gasteiger partial charge on any atom is 0.269 e. The van der Waals surface area contributed by atoms with Crippen LogP contribution in [0.15, 0.2) is 75.8 Å². The van der Waals surface area contributed by atoms with Gasteiger partial charge < -0.3 is 19.2 Å². The molecular weight excluding hydrogens is 436 g/mol. The van der Waals surface area contributed by atoms with Crippen molar-refractivity contribution in [1.29, 1.82) is 5.26 Å². The fraction of sp³-hybridized carbons (Fsp3) is 0.120. The molecule has 0 unspecified atom stereocenters. The van der Waals surface area contributed by atoms with E-state index in [2.05, 4.69) is 10.3 Å². The van der Waals surface area contributed by atoms with Gasteiger partial charge >= 0.3 is 0 Å². The number of carbonyl (C=O) groups excluding carboxylic acids is 1. The van der Waals surface area contributed by atoms with Crippen molar-refractivity contribution >= 4 is 17.6 Å². The molecule has 9 heteroatoms. The highest BCUT2D eigenvalue weighted by Crippen LogP contribution is 2.32. The van der Waals surface area contributed by atoms with Crippen molar-refractivity contribution < 1.29 is 18.7 Å². The number of nitrogens with one attached hydrogen (secondary N) is 1. The molecule has 1 amide bonds. The van der Waals surface area contributed by atoms with E-state index >= 15 is 0 Å². The summed E-state index contributed by atoms with van der Waals surface area (Å²) >= 11 is 0. The molecule has 3 heterocycles. The van der Waals surface area contributed by atoms with Gasteiger partial charge in [0, 0.05) is 6.20 Å². The van der Waals surface area contributed by atoms with Gasteiger partial charge in [-0.1, -0.05) is 18.2 Å². The summed E-state index contributed by atoms with van der Waals surface area (Å²) in [4.78, 5) is 30.5. The van der Waals surface area contributed by atoms with Gasteiger partial charge in [0.05, 0.1) is 19.9 Å². The molecule has 0 aliphatic carbocycles. The molecule has 0 fully saturated rings. The number of nitriles is 1. The lowest BCUT2D eigenvalue weighted by Gasteiger charge is -2.13. The molecule has 0 aliphatic rings. The minimum absolute atomic E-state index is 0.0568. The predicted molar refractivity (Wildman–Crippen MR) is 123 cm³/mol. The zero-order valence-electron chi connectivity index (χ0n) is 18.4. The number of carbonyl (C=O) groups is 1. The number of hydrogen-bond acceptors (Lipinski definition) is 7. The van der Waals surface area contributed by atoms with Crippen LogP contribution in [0.3, 0.4) is 0 Å². The van der Waals surface area contributed by atoms with E-state index in [4.69, 9.17) is 13.9 Å². The van der Waals surface area contributed by atoms with Crippen LogP contribution in [0.25, 0.3) is 11.7 Å². The molecule has 4 rings (SSSR count). The number of para-hydroxylation sites is 2. The smallest absolute Gasteiger partial charge is 0.269 e. The Bertz CT molecular complexity index is 1480. The first kappa shape index (κ1) is 22.4. The normalized spacial score (nSPS) is 11.1. The summed E-state index contributed by atoms with van der Waals surface area (Å²) < 4.78 is 17.8. The third kappa shape index (κ3) is 4.52. The number of furan rings is 1. The molecule has 0 bridgehead atoms. The van der Waals surface area contributed by atoms with Crippen LogP contribution in [0.1, 0.15) is 16.9 Å². The van der Waals surface area contributed by atoms with Crippen LogP contribution in [0, 0.1) is 18.3 Å². The van der Waals surface area contributed by atoms with Crippen molar-refractivity contribution in [3.8, 4) is 23.4 Å². The lowest BCUT2D eigenvalue weighted by Crippen LogP contribution is -2.25. The Labute approximate surface area is 194 Å². The highest BCUT2D eigenvalue weighted by molar-refractivity contribution is 6.01. The van der Waals surface area contributed by atoms with Crippen LogP contribution in [0.2, 0.25) is 0 Å². The number of amides is 1. The molecule has 9 nitrogen and oxygen atoms in total. The average Bonchev–Trinajstić information content (AvgIpc) is 3.37. The monoisotopic (exact) mass is 456 g/mol. The standard InChI is InChI=1S/C25H20N4O5/c1-16-7-5-11-29-22(16)28-24(34-21-10-4-3-9-20(21)32-2)19(25(29)31)13-17(14-26)23(30)27-15-18-8-6-12-33-18/h3-13H,15H2,1-2H3,(H,27,30)/b17-13+. The zero-order chi connectivity index (χ0) is 24.1. The lowest BCUT2D eigenvalue weighted by molar-refractivity contribution is -0.117. The molecule has 1 aromatic carbocycles. The van der Waals surface area contributed by atoms with Gasteiger partial charge in [0.15, 0.2) is 11.5 Å². The number of aromatic nitrogens is 2. The van der Waals surface area contributed by atoms with Gasteiger partial charge in [-0.25, -0.2) is 0 Å². The summed E-state index contributed by atoms with van der Waals surface area (Å²) in [5.41, 5.74) is 0.291. The van der Waals surface area contributed by atoms with Crippen LogP contribution in [0.4, 0.5) is 0 Å². The number of pyridine rings is 1. The number of ether oxygens (including phenoxy) is 2. The van der Waals surface area contributed by atoms with Crippen LogP contribution in [-0.2, 0) is 11.3 Å². The largest absolute Gasteiger partial charge is 0.493 e. The minimum atomic E-state index is -0.670. The third-order valence-corrected chi connectivity index (χ3v) is 4.98. The van der Waals surface area contributed by atoms with Crippen molar-refractivity contribution in [3.05, 3.63) is 93.8 Å². The summed E-state index contributed by atoms with van der Waals surface area (Å²) in [6, 6.07) is 15.6. The van der Waals surface area contributed by atoms with Gasteiger partial charge in [-0.15, -0.1) is 0 Å². The Morgan fingerprint density at radius 3 is 2.71 bits per heavy atom. The molecule has 0 saturated heterocycles. The first-order chi connectivity index (χ1) is 16.5. The molecular formula is C25H20N4O5. The van der Waals surface area contributed by atoms with Crippen molar-refractivity contribution in [2.75, 3.05) is 7.11 Å². The zero-order valence-corrected chi connectivity index (χ0v) is 18.4. The van der Waals surface area contributed by atoms with Gasteiger partial charge in [-0.2, -0.15) is 10.2 Å². The fourth-order valence-electron chi connectivity index (χ4n) is 3.27. The van der Waals surface area contributed by atoms with E-state index in [0.717, 1.165) is 5.56 Å². The molecule has 4 aromatic rings. The summed E-state index contributed by atoms with van der Waals surface area (Å²) in [5, 5.41) is 12.2. The number of hydrogen-bond donors (Lipinski definition) is 1. The van der Waals surface area contributed by atoms with Crippen molar-refractivity contribution in [1.82, 2.24) is 14.7 Å². The van der Waals surface area contributed by atoms with E-state index in [9.17, 15) is 14.9 Å². The van der Waals surface area contributed by atoms with Crippen LogP contribution in [-0.4, -0.2) is 22.4 Å².